The van der Waals surface area contributed by atoms with Crippen LogP contribution in [0.5, 0.6) is 0 Å². The molecule has 3 unspecified atom stereocenters. The van der Waals surface area contributed by atoms with Gasteiger partial charge in [0.05, 0.1) is 11.3 Å². The zero-order valence-electron chi connectivity index (χ0n) is 15.7. The molecule has 2 aliphatic heterocycles. The van der Waals surface area contributed by atoms with Crippen molar-refractivity contribution in [2.45, 2.75) is 32.7 Å². The lowest BCUT2D eigenvalue weighted by Gasteiger charge is -2.35. The fraction of sp³-hybridized carbons (Fsp3) is 0.600. The SMILES string of the molecule is CC1CC(C)CN(C(=O)c2ccccc2NC(=O)CC2CSCCN2)C1. The van der Waals surface area contributed by atoms with Gasteiger partial charge in [0.25, 0.3) is 5.91 Å². The molecule has 2 amide bonds. The smallest absolute Gasteiger partial charge is 0.255 e. The number of carbonyl (C=O) groups is 2. The molecule has 1 aromatic carbocycles. The number of nitrogens with one attached hydrogen (secondary N) is 2. The molecule has 5 nitrogen and oxygen atoms in total. The fourth-order valence-electron chi connectivity index (χ4n) is 3.95. The van der Waals surface area contributed by atoms with Gasteiger partial charge in [-0.25, -0.2) is 0 Å². The first-order valence-electron chi connectivity index (χ1n) is 9.52. The van der Waals surface area contributed by atoms with Crippen molar-refractivity contribution in [2.24, 2.45) is 11.8 Å². The summed E-state index contributed by atoms with van der Waals surface area (Å²) in [6.07, 6.45) is 1.60. The molecule has 0 radical (unpaired) electrons. The lowest BCUT2D eigenvalue weighted by Crippen LogP contribution is -2.43. The van der Waals surface area contributed by atoms with Gasteiger partial charge in [0, 0.05) is 43.6 Å². The van der Waals surface area contributed by atoms with E-state index in [-0.39, 0.29) is 17.9 Å². The van der Waals surface area contributed by atoms with Crippen molar-refractivity contribution in [3.63, 3.8) is 0 Å². The van der Waals surface area contributed by atoms with Crippen LogP contribution < -0.4 is 10.6 Å². The number of carbonyl (C=O) groups excluding carboxylic acids is 2. The largest absolute Gasteiger partial charge is 0.338 e. The summed E-state index contributed by atoms with van der Waals surface area (Å²) in [5.74, 6) is 3.06. The molecule has 2 saturated heterocycles. The van der Waals surface area contributed by atoms with Crippen molar-refractivity contribution in [3.05, 3.63) is 29.8 Å². The van der Waals surface area contributed by atoms with Crippen LogP contribution in [0.2, 0.25) is 0 Å². The molecule has 26 heavy (non-hydrogen) atoms. The highest BCUT2D eigenvalue weighted by molar-refractivity contribution is 7.99. The molecule has 0 aromatic heterocycles. The van der Waals surface area contributed by atoms with Gasteiger partial charge in [0.1, 0.15) is 0 Å². The van der Waals surface area contributed by atoms with Crippen LogP contribution in [0, 0.1) is 11.8 Å². The second-order valence-corrected chi connectivity index (χ2v) is 8.83. The predicted octanol–water partition coefficient (Wildman–Crippen LogP) is 2.84. The number of anilines is 1. The van der Waals surface area contributed by atoms with Crippen LogP contribution in [0.4, 0.5) is 5.69 Å². The Labute approximate surface area is 160 Å². The Bertz CT molecular complexity index is 636. The summed E-state index contributed by atoms with van der Waals surface area (Å²) in [6, 6.07) is 7.57. The summed E-state index contributed by atoms with van der Waals surface area (Å²) < 4.78 is 0. The Morgan fingerprint density at radius 3 is 2.65 bits per heavy atom. The summed E-state index contributed by atoms with van der Waals surface area (Å²) in [7, 11) is 0. The highest BCUT2D eigenvalue weighted by Crippen LogP contribution is 2.25. The van der Waals surface area contributed by atoms with Gasteiger partial charge in [0.15, 0.2) is 0 Å². The van der Waals surface area contributed by atoms with Crippen LogP contribution in [0.1, 0.15) is 37.0 Å². The minimum atomic E-state index is -0.0365. The first kappa shape index (κ1) is 19.2. The highest BCUT2D eigenvalue weighted by atomic mass is 32.2. The molecule has 142 valence electrons. The Hall–Kier alpha value is -1.53. The van der Waals surface area contributed by atoms with Gasteiger partial charge in [-0.15, -0.1) is 0 Å². The van der Waals surface area contributed by atoms with Crippen LogP contribution in [-0.2, 0) is 4.79 Å². The van der Waals surface area contributed by atoms with Crippen molar-refractivity contribution in [1.29, 1.82) is 0 Å². The van der Waals surface area contributed by atoms with Crippen LogP contribution in [0.3, 0.4) is 0 Å². The molecule has 0 saturated carbocycles. The average Bonchev–Trinajstić information content (AvgIpc) is 2.61. The molecule has 2 N–H and O–H groups in total. The summed E-state index contributed by atoms with van der Waals surface area (Å²) in [4.78, 5) is 27.4. The van der Waals surface area contributed by atoms with Crippen molar-refractivity contribution in [2.75, 3.05) is 36.5 Å². The topological polar surface area (TPSA) is 61.4 Å². The van der Waals surface area contributed by atoms with E-state index in [2.05, 4.69) is 24.5 Å². The molecule has 3 atom stereocenters. The minimum absolute atomic E-state index is 0.0191. The van der Waals surface area contributed by atoms with E-state index >= 15 is 0 Å². The lowest BCUT2D eigenvalue weighted by molar-refractivity contribution is -0.116. The number of benzene rings is 1. The third kappa shape index (κ3) is 5.01. The Balaban J connectivity index is 1.67. The molecule has 0 bridgehead atoms. The molecule has 2 heterocycles. The number of rotatable bonds is 4. The van der Waals surface area contributed by atoms with Crippen LogP contribution in [-0.4, -0.2) is 53.9 Å². The number of thioether (sulfide) groups is 1. The second kappa shape index (κ2) is 8.91. The van der Waals surface area contributed by atoms with Crippen molar-refractivity contribution < 1.29 is 9.59 Å². The molecule has 6 heteroatoms. The Morgan fingerprint density at radius 2 is 1.96 bits per heavy atom. The van der Waals surface area contributed by atoms with Gasteiger partial charge in [0.2, 0.25) is 5.91 Å². The van der Waals surface area contributed by atoms with Gasteiger partial charge < -0.3 is 15.5 Å². The maximum Gasteiger partial charge on any atom is 0.255 e. The third-order valence-corrected chi connectivity index (χ3v) is 6.15. The number of nitrogens with zero attached hydrogens (tertiary/aromatic N) is 1. The normalized spacial score (nSPS) is 26.4. The van der Waals surface area contributed by atoms with Crippen molar-refractivity contribution in [3.8, 4) is 0 Å². The highest BCUT2D eigenvalue weighted by Gasteiger charge is 2.27. The number of amides is 2. The van der Waals surface area contributed by atoms with Gasteiger partial charge >= 0.3 is 0 Å². The Kier molecular flexibility index (Phi) is 6.59. The first-order valence-corrected chi connectivity index (χ1v) is 10.7. The van der Waals surface area contributed by atoms with Crippen molar-refractivity contribution >= 4 is 29.3 Å². The molecule has 3 rings (SSSR count). The second-order valence-electron chi connectivity index (χ2n) is 7.68. The van der Waals surface area contributed by atoms with E-state index < -0.39 is 0 Å². The minimum Gasteiger partial charge on any atom is -0.338 e. The molecule has 0 spiro atoms. The lowest BCUT2D eigenvalue weighted by atomic mass is 9.91. The zero-order chi connectivity index (χ0) is 18.5. The molecule has 1 aromatic rings. The first-order chi connectivity index (χ1) is 12.5. The van der Waals surface area contributed by atoms with E-state index in [1.165, 1.54) is 0 Å². The van der Waals surface area contributed by atoms with Crippen LogP contribution >= 0.6 is 11.8 Å². The van der Waals surface area contributed by atoms with E-state index in [1.807, 2.05) is 40.9 Å². The third-order valence-electron chi connectivity index (χ3n) is 5.02. The number of piperidine rings is 1. The van der Waals surface area contributed by atoms with Crippen LogP contribution in [0.15, 0.2) is 24.3 Å². The number of para-hydroxylation sites is 1. The van der Waals surface area contributed by atoms with Gasteiger partial charge in [-0.05, 0) is 30.4 Å². The molecule has 2 fully saturated rings. The summed E-state index contributed by atoms with van der Waals surface area (Å²) in [6.45, 7) is 6.91. The summed E-state index contributed by atoms with van der Waals surface area (Å²) in [5.41, 5.74) is 1.21. The van der Waals surface area contributed by atoms with Crippen molar-refractivity contribution in [1.82, 2.24) is 10.2 Å². The maximum absolute atomic E-state index is 13.0. The van der Waals surface area contributed by atoms with Gasteiger partial charge in [-0.2, -0.15) is 11.8 Å². The zero-order valence-corrected chi connectivity index (χ0v) is 16.5. The standard InChI is InChI=1S/C20H29N3O2S/c1-14-9-15(2)12-23(11-14)20(25)17-5-3-4-6-18(17)22-19(24)10-16-13-26-8-7-21-16/h3-6,14-16,21H,7-13H2,1-2H3,(H,22,24). The van der Waals surface area contributed by atoms with E-state index in [1.54, 1.807) is 0 Å². The maximum atomic E-state index is 13.0. The monoisotopic (exact) mass is 375 g/mol. The van der Waals surface area contributed by atoms with E-state index in [0.29, 0.717) is 29.5 Å². The summed E-state index contributed by atoms with van der Waals surface area (Å²) >= 11 is 1.88. The van der Waals surface area contributed by atoms with Gasteiger partial charge in [-0.3, -0.25) is 9.59 Å². The quantitative estimate of drug-likeness (QED) is 0.850. The number of hydrogen-bond acceptors (Lipinski definition) is 4. The van der Waals surface area contributed by atoms with E-state index in [0.717, 1.165) is 37.6 Å². The molecular weight excluding hydrogens is 346 g/mol. The number of hydrogen-bond donors (Lipinski definition) is 2. The van der Waals surface area contributed by atoms with Crippen LogP contribution in [0.25, 0.3) is 0 Å². The molecular formula is C20H29N3O2S. The van der Waals surface area contributed by atoms with E-state index in [4.69, 9.17) is 0 Å². The number of likely N-dealkylation sites (tertiary alicyclic amines) is 1. The van der Waals surface area contributed by atoms with Gasteiger partial charge in [-0.1, -0.05) is 26.0 Å². The van der Waals surface area contributed by atoms with E-state index in [9.17, 15) is 9.59 Å². The molecule has 0 aliphatic carbocycles. The predicted molar refractivity (Wildman–Crippen MR) is 108 cm³/mol. The molecule has 2 aliphatic rings. The Morgan fingerprint density at radius 1 is 1.23 bits per heavy atom. The fourth-order valence-corrected chi connectivity index (χ4v) is 4.90. The average molecular weight is 376 g/mol. The summed E-state index contributed by atoms with van der Waals surface area (Å²) in [5, 5.41) is 6.34.